The van der Waals surface area contributed by atoms with Crippen LogP contribution in [0.15, 0.2) is 12.1 Å². The molecule has 0 saturated heterocycles. The Labute approximate surface area is 143 Å². The third-order valence-electron chi connectivity index (χ3n) is 5.74. The van der Waals surface area contributed by atoms with Crippen LogP contribution in [0, 0.1) is 29.1 Å². The van der Waals surface area contributed by atoms with Gasteiger partial charge in [0, 0.05) is 24.3 Å². The highest BCUT2D eigenvalue weighted by Gasteiger charge is 2.54. The van der Waals surface area contributed by atoms with E-state index in [9.17, 15) is 9.59 Å². The lowest BCUT2D eigenvalue weighted by atomic mass is 9.82. The molecule has 2 unspecified atom stereocenters. The highest BCUT2D eigenvalue weighted by atomic mass is 16.2. The normalized spacial score (nSPS) is 28.9. The Bertz CT molecular complexity index is 683. The van der Waals surface area contributed by atoms with Gasteiger partial charge in [-0.25, -0.2) is 0 Å². The van der Waals surface area contributed by atoms with E-state index in [0.29, 0.717) is 19.4 Å². The summed E-state index contributed by atoms with van der Waals surface area (Å²) in [6, 6.07) is 6.32. The van der Waals surface area contributed by atoms with Crippen molar-refractivity contribution in [1.29, 1.82) is 5.26 Å². The third kappa shape index (κ3) is 2.48. The maximum absolute atomic E-state index is 13.0. The van der Waals surface area contributed by atoms with Crippen molar-refractivity contribution in [2.45, 2.75) is 52.0 Å². The minimum atomic E-state index is -0.628. The Morgan fingerprint density at radius 3 is 1.96 bits per heavy atom. The number of rotatable bonds is 4. The molecule has 0 amide bonds. The van der Waals surface area contributed by atoms with Gasteiger partial charge in [0.1, 0.15) is 5.92 Å². The first-order valence-electron chi connectivity index (χ1n) is 8.87. The van der Waals surface area contributed by atoms with Gasteiger partial charge in [-0.1, -0.05) is 26.0 Å². The average molecular weight is 324 g/mol. The minimum absolute atomic E-state index is 0.0349. The molecule has 2 atom stereocenters. The van der Waals surface area contributed by atoms with E-state index in [4.69, 9.17) is 11.0 Å². The van der Waals surface area contributed by atoms with Gasteiger partial charge in [-0.3, -0.25) is 9.59 Å². The van der Waals surface area contributed by atoms with E-state index >= 15 is 0 Å². The molecule has 0 aliphatic heterocycles. The molecule has 1 aromatic carbocycles. The van der Waals surface area contributed by atoms with E-state index in [0.717, 1.165) is 35.1 Å². The molecular formula is C20H24N2O2. The molecule has 4 nitrogen and oxygen atoms in total. The number of hydrogen-bond acceptors (Lipinski definition) is 4. The molecule has 24 heavy (non-hydrogen) atoms. The molecule has 0 heterocycles. The maximum atomic E-state index is 13.0. The first-order valence-corrected chi connectivity index (χ1v) is 8.87. The number of fused-ring (bicyclic) bond motifs is 1. The van der Waals surface area contributed by atoms with E-state index in [-0.39, 0.29) is 29.3 Å². The Kier molecular flexibility index (Phi) is 4.56. The second kappa shape index (κ2) is 6.49. The second-order valence-electron chi connectivity index (χ2n) is 6.99. The fraction of sp³-hybridized carbons (Fsp3) is 0.550. The van der Waals surface area contributed by atoms with Crippen LogP contribution in [0.1, 0.15) is 54.9 Å². The molecule has 0 radical (unpaired) electrons. The molecule has 2 aliphatic rings. The van der Waals surface area contributed by atoms with Gasteiger partial charge < -0.3 is 5.73 Å². The van der Waals surface area contributed by atoms with Crippen molar-refractivity contribution in [3.8, 4) is 6.07 Å². The number of carbonyl (C=O) groups is 2. The zero-order valence-corrected chi connectivity index (χ0v) is 14.3. The zero-order chi connectivity index (χ0) is 17.4. The lowest BCUT2D eigenvalue weighted by molar-refractivity contribution is -0.125. The zero-order valence-electron chi connectivity index (χ0n) is 14.3. The number of aryl methyl sites for hydroxylation is 2. The van der Waals surface area contributed by atoms with Crippen LogP contribution in [0.4, 0.5) is 0 Å². The van der Waals surface area contributed by atoms with Crippen molar-refractivity contribution >= 4 is 11.6 Å². The predicted octanol–water partition coefficient (Wildman–Crippen LogP) is 2.67. The van der Waals surface area contributed by atoms with Gasteiger partial charge in [0.15, 0.2) is 11.6 Å². The first-order chi connectivity index (χ1) is 11.5. The topological polar surface area (TPSA) is 83.9 Å². The third-order valence-corrected chi connectivity index (χ3v) is 5.74. The quantitative estimate of drug-likeness (QED) is 0.863. The van der Waals surface area contributed by atoms with E-state index in [1.54, 1.807) is 0 Å². The van der Waals surface area contributed by atoms with E-state index in [1.807, 2.05) is 12.1 Å². The molecule has 2 saturated carbocycles. The number of hydrogen-bond donors (Lipinski definition) is 1. The van der Waals surface area contributed by atoms with Crippen LogP contribution < -0.4 is 5.73 Å². The van der Waals surface area contributed by atoms with Crippen LogP contribution in [0.2, 0.25) is 0 Å². The highest BCUT2D eigenvalue weighted by Crippen LogP contribution is 2.49. The van der Waals surface area contributed by atoms with Gasteiger partial charge >= 0.3 is 0 Å². The van der Waals surface area contributed by atoms with Crippen LogP contribution in [-0.4, -0.2) is 11.6 Å². The summed E-state index contributed by atoms with van der Waals surface area (Å²) in [6.07, 6.45) is 2.66. The number of benzene rings is 1. The largest absolute Gasteiger partial charge is 0.326 e. The van der Waals surface area contributed by atoms with E-state index < -0.39 is 5.92 Å². The van der Waals surface area contributed by atoms with Crippen LogP contribution in [0.5, 0.6) is 0 Å². The molecule has 1 aromatic rings. The summed E-state index contributed by atoms with van der Waals surface area (Å²) in [5.41, 5.74) is 9.91. The van der Waals surface area contributed by atoms with Crippen LogP contribution >= 0.6 is 0 Å². The lowest BCUT2D eigenvalue weighted by Gasteiger charge is -2.20. The second-order valence-corrected chi connectivity index (χ2v) is 6.99. The molecule has 0 spiro atoms. The summed E-state index contributed by atoms with van der Waals surface area (Å²) in [4.78, 5) is 26.0. The molecule has 0 bridgehead atoms. The Morgan fingerprint density at radius 2 is 1.58 bits per heavy atom. The fourth-order valence-corrected chi connectivity index (χ4v) is 4.55. The molecule has 3 rings (SSSR count). The average Bonchev–Trinajstić information content (AvgIpc) is 3.13. The molecule has 0 aromatic heterocycles. The number of carbonyl (C=O) groups excluding carboxylic acids is 2. The summed E-state index contributed by atoms with van der Waals surface area (Å²) in [5.74, 6) is -1.21. The highest BCUT2D eigenvalue weighted by molar-refractivity contribution is 6.16. The molecule has 2 aliphatic carbocycles. The summed E-state index contributed by atoms with van der Waals surface area (Å²) in [5, 5.41) is 9.11. The Hall–Kier alpha value is -1.99. The van der Waals surface area contributed by atoms with Crippen LogP contribution in [-0.2, 0) is 29.0 Å². The Balaban J connectivity index is 2.06. The molecule has 4 heteroatoms. The van der Waals surface area contributed by atoms with E-state index in [2.05, 4.69) is 19.9 Å². The predicted molar refractivity (Wildman–Crippen MR) is 91.2 cm³/mol. The van der Waals surface area contributed by atoms with Crippen molar-refractivity contribution in [3.05, 3.63) is 34.4 Å². The monoisotopic (exact) mass is 324 g/mol. The number of Topliss-reactive ketones (excluding diaryl/α,β-unsaturated/α-hetero) is 2. The van der Waals surface area contributed by atoms with E-state index in [1.165, 1.54) is 0 Å². The van der Waals surface area contributed by atoms with Gasteiger partial charge in [0.05, 0.1) is 6.07 Å². The molecular weight excluding hydrogens is 300 g/mol. The SMILES string of the molecule is CCc1cc(CN)cc(CC)c1C1C(=O)C2CC(C#N)CC2C1=O. The minimum Gasteiger partial charge on any atom is -0.326 e. The molecule has 126 valence electrons. The fourth-order valence-electron chi connectivity index (χ4n) is 4.55. The van der Waals surface area contributed by atoms with Crippen LogP contribution in [0.3, 0.4) is 0 Å². The van der Waals surface area contributed by atoms with Crippen LogP contribution in [0.25, 0.3) is 0 Å². The van der Waals surface area contributed by atoms with Crippen molar-refractivity contribution in [3.63, 3.8) is 0 Å². The number of ketones is 2. The molecule has 2 N–H and O–H groups in total. The Morgan fingerprint density at radius 1 is 1.08 bits per heavy atom. The van der Waals surface area contributed by atoms with Gasteiger partial charge in [-0.05, 0) is 47.9 Å². The maximum Gasteiger partial charge on any atom is 0.151 e. The lowest BCUT2D eigenvalue weighted by Crippen LogP contribution is -2.21. The van der Waals surface area contributed by atoms with Crippen molar-refractivity contribution in [1.82, 2.24) is 0 Å². The first kappa shape index (κ1) is 16.9. The smallest absolute Gasteiger partial charge is 0.151 e. The number of nitrogens with zero attached hydrogens (tertiary/aromatic N) is 1. The molecule has 2 fully saturated rings. The van der Waals surface area contributed by atoms with Gasteiger partial charge in [0.2, 0.25) is 0 Å². The summed E-state index contributed by atoms with van der Waals surface area (Å²) in [6.45, 7) is 4.56. The summed E-state index contributed by atoms with van der Waals surface area (Å²) < 4.78 is 0. The van der Waals surface area contributed by atoms with Crippen molar-refractivity contribution in [2.24, 2.45) is 23.5 Å². The van der Waals surface area contributed by atoms with Gasteiger partial charge in [-0.15, -0.1) is 0 Å². The number of nitriles is 1. The van der Waals surface area contributed by atoms with Crippen molar-refractivity contribution in [2.75, 3.05) is 0 Å². The standard InChI is InChI=1S/C20H24N2O2/c1-3-13-5-11(9-21)6-14(4-2)17(13)18-19(23)15-7-12(10-22)8-16(15)20(18)24/h5-6,12,15-16,18H,3-4,7-9,21H2,1-2H3. The van der Waals surface area contributed by atoms with Crippen molar-refractivity contribution < 1.29 is 9.59 Å². The number of nitrogens with two attached hydrogens (primary N) is 1. The van der Waals surface area contributed by atoms with Gasteiger partial charge in [-0.2, -0.15) is 5.26 Å². The summed E-state index contributed by atoms with van der Waals surface area (Å²) in [7, 11) is 0. The van der Waals surface area contributed by atoms with Gasteiger partial charge in [0.25, 0.3) is 0 Å². The summed E-state index contributed by atoms with van der Waals surface area (Å²) >= 11 is 0.